The first-order chi connectivity index (χ1) is 9.17. The molecule has 1 aromatic rings. The number of rotatable bonds is 4. The maximum atomic E-state index is 9.45. The Morgan fingerprint density at radius 1 is 1.32 bits per heavy atom. The van der Waals surface area contributed by atoms with Gasteiger partial charge in [-0.1, -0.05) is 24.1 Å². The second-order valence-corrected chi connectivity index (χ2v) is 6.68. The maximum absolute atomic E-state index is 9.45. The smallest absolute Gasteiger partial charge is 0.0702 e. The predicted molar refractivity (Wildman–Crippen MR) is 79.6 cm³/mol. The Hall–Kier alpha value is -0.730. The molecule has 0 aliphatic heterocycles. The summed E-state index contributed by atoms with van der Waals surface area (Å²) in [6.45, 7) is 1.17. The zero-order valence-corrected chi connectivity index (χ0v) is 12.2. The van der Waals surface area contributed by atoms with Gasteiger partial charge in [-0.15, -0.1) is 0 Å². The quantitative estimate of drug-likeness (QED) is 0.908. The number of benzene rings is 1. The first-order valence-corrected chi connectivity index (χ1v) is 7.65. The summed E-state index contributed by atoms with van der Waals surface area (Å²) in [7, 11) is 2.12. The summed E-state index contributed by atoms with van der Waals surface area (Å²) in [5, 5.41) is 10.2. The average molecular weight is 280 g/mol. The van der Waals surface area contributed by atoms with E-state index in [0.29, 0.717) is 0 Å². The summed E-state index contributed by atoms with van der Waals surface area (Å²) >= 11 is 6.09. The predicted octanol–water partition coefficient (Wildman–Crippen LogP) is 3.70. The van der Waals surface area contributed by atoms with Gasteiger partial charge in [0.1, 0.15) is 0 Å². The Labute approximate surface area is 120 Å². The van der Waals surface area contributed by atoms with Crippen LogP contribution in [0.25, 0.3) is 0 Å². The summed E-state index contributed by atoms with van der Waals surface area (Å²) in [6, 6.07) is 5.75. The summed E-state index contributed by atoms with van der Waals surface area (Å²) in [4.78, 5) is 2.28. The topological polar surface area (TPSA) is 23.5 Å². The van der Waals surface area contributed by atoms with Gasteiger partial charge >= 0.3 is 0 Å². The van der Waals surface area contributed by atoms with Gasteiger partial charge in [0.15, 0.2) is 0 Å². The molecule has 3 rings (SSSR count). The van der Waals surface area contributed by atoms with Crippen LogP contribution >= 0.6 is 11.6 Å². The van der Waals surface area contributed by atoms with Crippen LogP contribution in [0.3, 0.4) is 0 Å². The Kier molecular flexibility index (Phi) is 3.72. The Morgan fingerprint density at radius 3 is 2.79 bits per heavy atom. The van der Waals surface area contributed by atoms with E-state index in [0.717, 1.165) is 40.6 Å². The number of anilines is 1. The molecule has 2 aliphatic carbocycles. The van der Waals surface area contributed by atoms with Crippen LogP contribution in [0, 0.1) is 17.8 Å². The van der Waals surface area contributed by atoms with Crippen molar-refractivity contribution >= 4 is 17.3 Å². The third kappa shape index (κ3) is 2.61. The molecule has 0 saturated heterocycles. The van der Waals surface area contributed by atoms with Crippen molar-refractivity contribution < 1.29 is 5.11 Å². The number of halogens is 1. The Morgan fingerprint density at radius 2 is 2.16 bits per heavy atom. The van der Waals surface area contributed by atoms with Crippen molar-refractivity contribution in [2.75, 3.05) is 18.5 Å². The molecule has 1 N–H and O–H groups in total. The van der Waals surface area contributed by atoms with Crippen molar-refractivity contribution in [2.24, 2.45) is 17.8 Å². The fraction of sp³-hybridized carbons (Fsp3) is 0.625. The highest BCUT2D eigenvalue weighted by molar-refractivity contribution is 6.30. The molecular weight excluding hydrogens is 258 g/mol. The van der Waals surface area contributed by atoms with Crippen molar-refractivity contribution in [1.82, 2.24) is 0 Å². The van der Waals surface area contributed by atoms with E-state index in [1.807, 2.05) is 18.2 Å². The van der Waals surface area contributed by atoms with Gasteiger partial charge in [-0.05, 0) is 49.1 Å². The lowest BCUT2D eigenvalue weighted by Crippen LogP contribution is -2.29. The van der Waals surface area contributed by atoms with E-state index in [1.54, 1.807) is 0 Å². The van der Waals surface area contributed by atoms with Gasteiger partial charge in [-0.25, -0.2) is 0 Å². The summed E-state index contributed by atoms with van der Waals surface area (Å²) in [5.41, 5.74) is 2.05. The van der Waals surface area contributed by atoms with Crippen molar-refractivity contribution in [1.29, 1.82) is 0 Å². The fourth-order valence-corrected chi connectivity index (χ4v) is 4.24. The highest BCUT2D eigenvalue weighted by Gasteiger charge is 2.39. The van der Waals surface area contributed by atoms with Crippen LogP contribution < -0.4 is 4.90 Å². The molecule has 2 fully saturated rings. The summed E-state index contributed by atoms with van der Waals surface area (Å²) in [6.07, 6.45) is 5.71. The second kappa shape index (κ2) is 5.34. The van der Waals surface area contributed by atoms with Crippen molar-refractivity contribution in [2.45, 2.75) is 32.3 Å². The zero-order valence-electron chi connectivity index (χ0n) is 11.5. The maximum Gasteiger partial charge on any atom is 0.0702 e. The van der Waals surface area contributed by atoms with Crippen molar-refractivity contribution in [3.8, 4) is 0 Å². The number of nitrogens with zero attached hydrogens (tertiary/aromatic N) is 1. The minimum Gasteiger partial charge on any atom is -0.392 e. The first kappa shape index (κ1) is 13.3. The number of fused-ring (bicyclic) bond motifs is 2. The molecule has 0 heterocycles. The molecule has 3 unspecified atom stereocenters. The highest BCUT2D eigenvalue weighted by atomic mass is 35.5. The van der Waals surface area contributed by atoms with Gasteiger partial charge in [-0.3, -0.25) is 0 Å². The lowest BCUT2D eigenvalue weighted by molar-refractivity contribution is 0.281. The van der Waals surface area contributed by atoms with E-state index in [-0.39, 0.29) is 6.61 Å². The molecule has 2 saturated carbocycles. The van der Waals surface area contributed by atoms with E-state index in [2.05, 4.69) is 11.9 Å². The second-order valence-electron chi connectivity index (χ2n) is 6.25. The van der Waals surface area contributed by atoms with Gasteiger partial charge in [-0.2, -0.15) is 0 Å². The van der Waals surface area contributed by atoms with Gasteiger partial charge < -0.3 is 10.0 Å². The molecule has 104 valence electrons. The van der Waals surface area contributed by atoms with E-state index >= 15 is 0 Å². The lowest BCUT2D eigenvalue weighted by atomic mass is 9.88. The van der Waals surface area contributed by atoms with Gasteiger partial charge in [0.25, 0.3) is 0 Å². The van der Waals surface area contributed by atoms with Crippen LogP contribution in [0.15, 0.2) is 18.2 Å². The number of aliphatic hydroxyl groups is 1. The Bertz CT molecular complexity index is 462. The van der Waals surface area contributed by atoms with Crippen molar-refractivity contribution in [3.05, 3.63) is 28.8 Å². The largest absolute Gasteiger partial charge is 0.392 e. The zero-order chi connectivity index (χ0) is 13.4. The molecule has 2 bridgehead atoms. The van der Waals surface area contributed by atoms with E-state index < -0.39 is 0 Å². The third-order valence-electron chi connectivity index (χ3n) is 5.02. The lowest BCUT2D eigenvalue weighted by Gasteiger charge is -2.29. The molecule has 3 atom stereocenters. The van der Waals surface area contributed by atoms with Crippen LogP contribution in [-0.4, -0.2) is 18.7 Å². The SMILES string of the molecule is CN(CC1CC2CCC1C2)c1cc(Cl)ccc1CO. The minimum absolute atomic E-state index is 0.0769. The number of hydrogen-bond donors (Lipinski definition) is 1. The molecule has 19 heavy (non-hydrogen) atoms. The highest BCUT2D eigenvalue weighted by Crippen LogP contribution is 2.48. The van der Waals surface area contributed by atoms with E-state index in [4.69, 9.17) is 11.6 Å². The summed E-state index contributed by atoms with van der Waals surface area (Å²) < 4.78 is 0. The fourth-order valence-electron chi connectivity index (χ4n) is 4.08. The normalized spacial score (nSPS) is 28.9. The Balaban J connectivity index is 1.73. The van der Waals surface area contributed by atoms with E-state index in [9.17, 15) is 5.11 Å². The third-order valence-corrected chi connectivity index (χ3v) is 5.26. The molecule has 0 amide bonds. The molecule has 3 heteroatoms. The molecule has 0 radical (unpaired) electrons. The van der Waals surface area contributed by atoms with Crippen LogP contribution in [0.2, 0.25) is 5.02 Å². The molecular formula is C16H22ClNO. The van der Waals surface area contributed by atoms with Crippen LogP contribution in [-0.2, 0) is 6.61 Å². The monoisotopic (exact) mass is 279 g/mol. The molecule has 0 aromatic heterocycles. The molecule has 1 aromatic carbocycles. The van der Waals surface area contributed by atoms with Crippen molar-refractivity contribution in [3.63, 3.8) is 0 Å². The molecule has 0 spiro atoms. The van der Waals surface area contributed by atoms with Crippen LogP contribution in [0.5, 0.6) is 0 Å². The van der Waals surface area contributed by atoms with Crippen LogP contribution in [0.4, 0.5) is 5.69 Å². The number of hydrogen-bond acceptors (Lipinski definition) is 2. The molecule has 2 aliphatic rings. The first-order valence-electron chi connectivity index (χ1n) is 7.27. The standard InChI is InChI=1S/C16H22ClNO/c1-18(9-14-7-11-2-3-12(14)6-11)16-8-15(17)5-4-13(16)10-19/h4-5,8,11-12,14,19H,2-3,6-7,9-10H2,1H3. The molecule has 2 nitrogen and oxygen atoms in total. The van der Waals surface area contributed by atoms with Crippen LogP contribution in [0.1, 0.15) is 31.2 Å². The number of aliphatic hydroxyl groups excluding tert-OH is 1. The van der Waals surface area contributed by atoms with Gasteiger partial charge in [0.2, 0.25) is 0 Å². The summed E-state index contributed by atoms with van der Waals surface area (Å²) in [5.74, 6) is 2.75. The van der Waals surface area contributed by atoms with E-state index in [1.165, 1.54) is 25.7 Å². The minimum atomic E-state index is 0.0769. The van der Waals surface area contributed by atoms with Gasteiger partial charge in [0.05, 0.1) is 6.61 Å². The van der Waals surface area contributed by atoms with Gasteiger partial charge in [0, 0.05) is 29.9 Å². The average Bonchev–Trinajstić information content (AvgIpc) is 3.01.